The Morgan fingerprint density at radius 3 is 2.83 bits per heavy atom. The minimum Gasteiger partial charge on any atom is -0.336 e. The number of amides is 2. The van der Waals surface area contributed by atoms with E-state index in [-0.39, 0.29) is 30.6 Å². The van der Waals surface area contributed by atoms with Gasteiger partial charge in [-0.15, -0.1) is 11.3 Å². The van der Waals surface area contributed by atoms with Crippen LogP contribution in [0, 0.1) is 11.7 Å². The number of hydrogen-bond acceptors (Lipinski definition) is 4. The molecule has 4 rings (SSSR count). The van der Waals surface area contributed by atoms with Gasteiger partial charge in [-0.1, -0.05) is 24.3 Å². The van der Waals surface area contributed by atoms with Gasteiger partial charge in [-0.05, 0) is 18.2 Å². The minimum absolute atomic E-state index is 0.0744. The summed E-state index contributed by atoms with van der Waals surface area (Å²) in [6.45, 7) is 1.00. The first-order chi connectivity index (χ1) is 14.1. The van der Waals surface area contributed by atoms with Crippen molar-refractivity contribution in [2.24, 2.45) is 10.9 Å². The lowest BCUT2D eigenvalue weighted by Crippen LogP contribution is -2.26. The Morgan fingerprint density at radius 1 is 1.21 bits per heavy atom. The number of thiazole rings is 1. The number of carbonyl (C=O) groups is 2. The summed E-state index contributed by atoms with van der Waals surface area (Å²) < 4.78 is 15.7. The third-order valence-corrected chi connectivity index (χ3v) is 5.60. The Hall–Kier alpha value is -3.13. The highest BCUT2D eigenvalue weighted by molar-refractivity contribution is 7.07. The molecule has 2 amide bonds. The SMILES string of the molecule is O=C(N=c1sccn1Cc1ccccc1F)C1CC(=O)N(Cc2ccccn2)C1. The standard InChI is InChI=1S/C21H19FN4O2S/c22-18-7-2-1-5-15(18)12-25-9-10-29-21(25)24-20(28)16-11-19(27)26(13-16)14-17-6-3-4-8-23-17/h1-10,16H,11-14H2. The van der Waals surface area contributed by atoms with Crippen molar-refractivity contribution >= 4 is 23.2 Å². The van der Waals surface area contributed by atoms with Crippen LogP contribution < -0.4 is 4.80 Å². The molecular weight excluding hydrogens is 391 g/mol. The summed E-state index contributed by atoms with van der Waals surface area (Å²) in [6.07, 6.45) is 3.60. The van der Waals surface area contributed by atoms with Gasteiger partial charge in [-0.2, -0.15) is 4.99 Å². The van der Waals surface area contributed by atoms with Crippen LogP contribution in [0.3, 0.4) is 0 Å². The average Bonchev–Trinajstić information content (AvgIpc) is 3.31. The molecule has 0 aliphatic carbocycles. The molecule has 1 saturated heterocycles. The topological polar surface area (TPSA) is 67.6 Å². The van der Waals surface area contributed by atoms with Crippen molar-refractivity contribution in [3.8, 4) is 0 Å². The van der Waals surface area contributed by atoms with E-state index in [0.717, 1.165) is 5.69 Å². The Bertz CT molecular complexity index is 1090. The average molecular weight is 410 g/mol. The second kappa shape index (κ2) is 8.48. The number of aromatic nitrogens is 2. The second-order valence-electron chi connectivity index (χ2n) is 6.85. The Balaban J connectivity index is 1.47. The zero-order chi connectivity index (χ0) is 20.2. The van der Waals surface area contributed by atoms with Crippen molar-refractivity contribution in [3.63, 3.8) is 0 Å². The molecule has 3 aromatic rings. The van der Waals surface area contributed by atoms with E-state index in [0.29, 0.717) is 23.5 Å². The van der Waals surface area contributed by atoms with Crippen LogP contribution in [0.25, 0.3) is 0 Å². The summed E-state index contributed by atoms with van der Waals surface area (Å²) in [5, 5.41) is 1.81. The Kier molecular flexibility index (Phi) is 5.62. The molecule has 0 radical (unpaired) electrons. The van der Waals surface area contributed by atoms with Crippen LogP contribution in [0.4, 0.5) is 4.39 Å². The second-order valence-corrected chi connectivity index (χ2v) is 7.72. The summed E-state index contributed by atoms with van der Waals surface area (Å²) in [5.41, 5.74) is 1.31. The summed E-state index contributed by atoms with van der Waals surface area (Å²) in [5.74, 6) is -1.17. The van der Waals surface area contributed by atoms with E-state index < -0.39 is 5.92 Å². The van der Waals surface area contributed by atoms with Gasteiger partial charge in [-0.3, -0.25) is 14.6 Å². The molecule has 29 heavy (non-hydrogen) atoms. The number of hydrogen-bond donors (Lipinski definition) is 0. The molecule has 0 saturated carbocycles. The molecule has 0 spiro atoms. The molecule has 0 bridgehead atoms. The molecule has 1 aliphatic rings. The molecule has 0 N–H and O–H groups in total. The highest BCUT2D eigenvalue weighted by atomic mass is 32.1. The molecular formula is C21H19FN4O2S. The van der Waals surface area contributed by atoms with Crippen LogP contribution in [0.5, 0.6) is 0 Å². The number of nitrogens with zero attached hydrogens (tertiary/aromatic N) is 4. The van der Waals surface area contributed by atoms with E-state index in [4.69, 9.17) is 0 Å². The van der Waals surface area contributed by atoms with E-state index in [1.807, 2.05) is 18.2 Å². The van der Waals surface area contributed by atoms with Crippen LogP contribution in [0.15, 0.2) is 65.2 Å². The Labute approximate surface area is 171 Å². The van der Waals surface area contributed by atoms with Gasteiger partial charge < -0.3 is 9.47 Å². The minimum atomic E-state index is -0.477. The number of benzene rings is 1. The fourth-order valence-corrected chi connectivity index (χ4v) is 4.01. The van der Waals surface area contributed by atoms with Crippen LogP contribution in [0.2, 0.25) is 0 Å². The van der Waals surface area contributed by atoms with E-state index in [1.54, 1.807) is 45.4 Å². The van der Waals surface area contributed by atoms with Crippen LogP contribution in [0.1, 0.15) is 17.7 Å². The quantitative estimate of drug-likeness (QED) is 0.649. The van der Waals surface area contributed by atoms with Crippen LogP contribution in [-0.2, 0) is 22.7 Å². The van der Waals surface area contributed by atoms with Crippen LogP contribution >= 0.6 is 11.3 Å². The molecule has 1 atom stereocenters. The van der Waals surface area contributed by atoms with E-state index >= 15 is 0 Å². The van der Waals surface area contributed by atoms with Gasteiger partial charge in [0.15, 0.2) is 4.80 Å². The van der Waals surface area contributed by atoms with Crippen molar-refractivity contribution in [2.45, 2.75) is 19.5 Å². The van der Waals surface area contributed by atoms with Crippen molar-refractivity contribution in [1.29, 1.82) is 0 Å². The highest BCUT2D eigenvalue weighted by Crippen LogP contribution is 2.21. The highest BCUT2D eigenvalue weighted by Gasteiger charge is 2.34. The number of carbonyl (C=O) groups excluding carboxylic acids is 2. The smallest absolute Gasteiger partial charge is 0.253 e. The summed E-state index contributed by atoms with van der Waals surface area (Å²) in [4.78, 5) is 35.6. The molecule has 1 aromatic carbocycles. The first kappa shape index (κ1) is 19.2. The number of likely N-dealkylation sites (tertiary alicyclic amines) is 1. The third kappa shape index (κ3) is 4.48. The fraction of sp³-hybridized carbons (Fsp3) is 0.238. The maximum absolute atomic E-state index is 13.9. The molecule has 8 heteroatoms. The predicted octanol–water partition coefficient (Wildman–Crippen LogP) is 2.61. The monoisotopic (exact) mass is 410 g/mol. The number of halogens is 1. The zero-order valence-electron chi connectivity index (χ0n) is 15.6. The molecule has 6 nitrogen and oxygen atoms in total. The number of pyridine rings is 1. The van der Waals surface area contributed by atoms with Gasteiger partial charge in [0.25, 0.3) is 5.91 Å². The van der Waals surface area contributed by atoms with Gasteiger partial charge in [-0.25, -0.2) is 4.39 Å². The molecule has 3 heterocycles. The van der Waals surface area contributed by atoms with Crippen molar-refractivity contribution in [3.05, 3.63) is 82.1 Å². The maximum atomic E-state index is 13.9. The molecule has 1 unspecified atom stereocenters. The lowest BCUT2D eigenvalue weighted by Gasteiger charge is -2.15. The van der Waals surface area contributed by atoms with Gasteiger partial charge >= 0.3 is 0 Å². The van der Waals surface area contributed by atoms with Crippen molar-refractivity contribution < 1.29 is 14.0 Å². The van der Waals surface area contributed by atoms with Crippen molar-refractivity contribution in [1.82, 2.24) is 14.5 Å². The first-order valence-electron chi connectivity index (χ1n) is 9.24. The lowest BCUT2D eigenvalue weighted by atomic mass is 10.1. The van der Waals surface area contributed by atoms with Crippen molar-refractivity contribution in [2.75, 3.05) is 6.54 Å². The third-order valence-electron chi connectivity index (χ3n) is 4.81. The molecule has 148 valence electrons. The largest absolute Gasteiger partial charge is 0.336 e. The van der Waals surface area contributed by atoms with Crippen LogP contribution in [-0.4, -0.2) is 32.8 Å². The van der Waals surface area contributed by atoms with E-state index in [2.05, 4.69) is 9.98 Å². The van der Waals surface area contributed by atoms with Gasteiger partial charge in [0.05, 0.1) is 24.7 Å². The predicted molar refractivity (Wildman–Crippen MR) is 106 cm³/mol. The zero-order valence-corrected chi connectivity index (χ0v) is 16.4. The number of rotatable bonds is 5. The van der Waals surface area contributed by atoms with E-state index in [1.165, 1.54) is 17.4 Å². The lowest BCUT2D eigenvalue weighted by molar-refractivity contribution is -0.128. The van der Waals surface area contributed by atoms with E-state index in [9.17, 15) is 14.0 Å². The normalized spacial score (nSPS) is 17.1. The molecule has 1 fully saturated rings. The molecule has 1 aliphatic heterocycles. The fourth-order valence-electron chi connectivity index (χ4n) is 3.28. The Morgan fingerprint density at radius 2 is 2.03 bits per heavy atom. The summed E-state index contributed by atoms with van der Waals surface area (Å²) in [7, 11) is 0. The maximum Gasteiger partial charge on any atom is 0.253 e. The van der Waals surface area contributed by atoms with Gasteiger partial charge in [0.2, 0.25) is 5.91 Å². The first-order valence-corrected chi connectivity index (χ1v) is 10.1. The summed E-state index contributed by atoms with van der Waals surface area (Å²) >= 11 is 1.31. The molecule has 2 aromatic heterocycles. The summed E-state index contributed by atoms with van der Waals surface area (Å²) in [6, 6.07) is 12.1. The van der Waals surface area contributed by atoms with Gasteiger partial charge in [0.1, 0.15) is 5.82 Å². The van der Waals surface area contributed by atoms with Gasteiger partial charge in [0, 0.05) is 36.3 Å².